The number of rotatable bonds is 4. The Balaban J connectivity index is 1.69. The zero-order valence-corrected chi connectivity index (χ0v) is 14.9. The van der Waals surface area contributed by atoms with Crippen LogP contribution in [-0.2, 0) is 12.8 Å². The summed E-state index contributed by atoms with van der Waals surface area (Å²) in [5.74, 6) is 1.05. The Bertz CT molecular complexity index is 997. The summed E-state index contributed by atoms with van der Waals surface area (Å²) in [5.41, 5.74) is 5.89. The minimum atomic E-state index is 0.253. The van der Waals surface area contributed by atoms with Crippen molar-refractivity contribution in [2.75, 3.05) is 5.32 Å². The van der Waals surface area contributed by atoms with Crippen molar-refractivity contribution in [2.45, 2.75) is 39.2 Å². The first-order valence-corrected chi connectivity index (χ1v) is 8.91. The highest BCUT2D eigenvalue weighted by Gasteiger charge is 2.19. The average molecular weight is 344 g/mol. The molecule has 1 aromatic heterocycles. The fourth-order valence-electron chi connectivity index (χ4n) is 3.49. The molecule has 4 rings (SSSR count). The molecule has 0 saturated heterocycles. The molecule has 1 N–H and O–H groups in total. The second kappa shape index (κ2) is 6.64. The summed E-state index contributed by atoms with van der Waals surface area (Å²) < 4.78 is 5.49. The van der Waals surface area contributed by atoms with E-state index in [2.05, 4.69) is 39.7 Å². The van der Waals surface area contributed by atoms with Gasteiger partial charge in [0.05, 0.1) is 11.3 Å². The Morgan fingerprint density at radius 3 is 2.88 bits per heavy atom. The van der Waals surface area contributed by atoms with Crippen LogP contribution in [0.1, 0.15) is 37.0 Å². The Labute approximate surface area is 152 Å². The normalized spacial score (nSPS) is 12.8. The van der Waals surface area contributed by atoms with E-state index in [0.717, 1.165) is 29.7 Å². The monoisotopic (exact) mass is 344 g/mol. The molecule has 0 fully saturated rings. The van der Waals surface area contributed by atoms with Crippen LogP contribution in [0.3, 0.4) is 0 Å². The van der Waals surface area contributed by atoms with Crippen molar-refractivity contribution in [3.8, 4) is 28.9 Å². The van der Waals surface area contributed by atoms with E-state index in [0.29, 0.717) is 17.3 Å². The van der Waals surface area contributed by atoms with Crippen LogP contribution < -0.4 is 5.32 Å². The van der Waals surface area contributed by atoms with Crippen LogP contribution in [0.25, 0.3) is 22.8 Å². The van der Waals surface area contributed by atoms with Crippen LogP contribution >= 0.6 is 0 Å². The van der Waals surface area contributed by atoms with Crippen LogP contribution in [0.5, 0.6) is 0 Å². The van der Waals surface area contributed by atoms with Crippen LogP contribution in [-0.4, -0.2) is 16.2 Å². The van der Waals surface area contributed by atoms with Crippen LogP contribution in [0.2, 0.25) is 0 Å². The van der Waals surface area contributed by atoms with E-state index < -0.39 is 0 Å². The highest BCUT2D eigenvalue weighted by atomic mass is 16.5. The molecule has 5 heteroatoms. The van der Waals surface area contributed by atoms with Gasteiger partial charge < -0.3 is 9.84 Å². The summed E-state index contributed by atoms with van der Waals surface area (Å²) >= 11 is 0. The van der Waals surface area contributed by atoms with Gasteiger partial charge in [0.1, 0.15) is 6.07 Å². The second-order valence-corrected chi connectivity index (χ2v) is 6.89. The molecule has 26 heavy (non-hydrogen) atoms. The summed E-state index contributed by atoms with van der Waals surface area (Å²) in [6, 6.07) is 14.3. The first-order chi connectivity index (χ1) is 12.7. The van der Waals surface area contributed by atoms with Gasteiger partial charge in [-0.1, -0.05) is 23.4 Å². The molecule has 0 radical (unpaired) electrons. The van der Waals surface area contributed by atoms with Crippen molar-refractivity contribution < 1.29 is 4.52 Å². The summed E-state index contributed by atoms with van der Waals surface area (Å²) in [6.07, 6.45) is 3.35. The lowest BCUT2D eigenvalue weighted by Gasteiger charge is -2.11. The molecule has 1 aliphatic carbocycles. The molecule has 0 spiro atoms. The van der Waals surface area contributed by atoms with Gasteiger partial charge in [0.25, 0.3) is 5.89 Å². The zero-order valence-electron chi connectivity index (χ0n) is 14.9. The van der Waals surface area contributed by atoms with E-state index in [9.17, 15) is 5.26 Å². The zero-order chi connectivity index (χ0) is 18.1. The van der Waals surface area contributed by atoms with E-state index in [1.165, 1.54) is 17.5 Å². The smallest absolute Gasteiger partial charge is 0.258 e. The fraction of sp³-hybridized carbons (Fsp3) is 0.286. The fourth-order valence-corrected chi connectivity index (χ4v) is 3.49. The third kappa shape index (κ3) is 2.95. The minimum Gasteiger partial charge on any atom is -0.382 e. The first-order valence-electron chi connectivity index (χ1n) is 8.91. The Hall–Kier alpha value is -3.13. The number of aromatic nitrogens is 2. The number of benzene rings is 2. The van der Waals surface area contributed by atoms with E-state index in [1.54, 1.807) is 6.07 Å². The van der Waals surface area contributed by atoms with Gasteiger partial charge in [0.15, 0.2) is 0 Å². The highest BCUT2D eigenvalue weighted by Crippen LogP contribution is 2.32. The number of anilines is 1. The molecule has 0 bridgehead atoms. The van der Waals surface area contributed by atoms with E-state index in [1.807, 2.05) is 26.0 Å². The summed E-state index contributed by atoms with van der Waals surface area (Å²) in [5, 5.41) is 16.9. The number of aryl methyl sites for hydroxylation is 1. The van der Waals surface area contributed by atoms with Crippen molar-refractivity contribution in [1.29, 1.82) is 5.26 Å². The summed E-state index contributed by atoms with van der Waals surface area (Å²) in [6.45, 7) is 4.08. The van der Waals surface area contributed by atoms with Crippen molar-refractivity contribution in [3.63, 3.8) is 0 Å². The predicted octanol–water partition coefficient (Wildman–Crippen LogP) is 4.58. The molecule has 0 unspecified atom stereocenters. The molecule has 1 aliphatic rings. The topological polar surface area (TPSA) is 74.7 Å². The van der Waals surface area contributed by atoms with Crippen LogP contribution in [0.4, 0.5) is 5.69 Å². The minimum absolute atomic E-state index is 0.253. The number of nitriles is 1. The quantitative estimate of drug-likeness (QED) is 0.749. The molecule has 1 heterocycles. The standard InChI is InChI=1S/C21H20N4O/c1-13(2)23-19-10-9-15(11-16(19)12-22)21-24-20(25-26-21)18-8-4-6-14-5-3-7-17(14)18/h4,6,8-11,13,23H,3,5,7H2,1-2H3. The number of fused-ring (bicyclic) bond motifs is 1. The average Bonchev–Trinajstić information content (AvgIpc) is 3.30. The lowest BCUT2D eigenvalue weighted by molar-refractivity contribution is 0.432. The molecule has 0 aliphatic heterocycles. The molecule has 0 atom stereocenters. The molecule has 2 aromatic carbocycles. The summed E-state index contributed by atoms with van der Waals surface area (Å²) in [4.78, 5) is 4.59. The molecular formula is C21H20N4O. The molecule has 0 saturated carbocycles. The van der Waals surface area contributed by atoms with E-state index >= 15 is 0 Å². The molecule has 3 aromatic rings. The van der Waals surface area contributed by atoms with Crippen LogP contribution in [0, 0.1) is 11.3 Å². The van der Waals surface area contributed by atoms with Crippen molar-refractivity contribution >= 4 is 5.69 Å². The Morgan fingerprint density at radius 2 is 2.08 bits per heavy atom. The van der Waals surface area contributed by atoms with Gasteiger partial charge in [-0.25, -0.2) is 0 Å². The van der Waals surface area contributed by atoms with Gasteiger partial charge in [0, 0.05) is 17.2 Å². The van der Waals surface area contributed by atoms with E-state index in [-0.39, 0.29) is 6.04 Å². The lowest BCUT2D eigenvalue weighted by Crippen LogP contribution is -2.10. The number of nitrogens with one attached hydrogen (secondary N) is 1. The number of hydrogen-bond donors (Lipinski definition) is 1. The third-order valence-electron chi connectivity index (χ3n) is 4.64. The Kier molecular flexibility index (Phi) is 4.18. The predicted molar refractivity (Wildman–Crippen MR) is 101 cm³/mol. The highest BCUT2D eigenvalue weighted by molar-refractivity contribution is 5.69. The maximum absolute atomic E-state index is 9.44. The van der Waals surface area contributed by atoms with Crippen molar-refractivity contribution in [3.05, 3.63) is 53.1 Å². The SMILES string of the molecule is CC(C)Nc1ccc(-c2nc(-c3cccc4c3CCC4)no2)cc1C#N. The summed E-state index contributed by atoms with van der Waals surface area (Å²) in [7, 11) is 0. The van der Waals surface area contributed by atoms with Gasteiger partial charge in [-0.05, 0) is 62.4 Å². The maximum Gasteiger partial charge on any atom is 0.258 e. The maximum atomic E-state index is 9.44. The lowest BCUT2D eigenvalue weighted by atomic mass is 10.0. The van der Waals surface area contributed by atoms with Gasteiger partial charge in [-0.15, -0.1) is 0 Å². The number of hydrogen-bond acceptors (Lipinski definition) is 5. The molecular weight excluding hydrogens is 324 g/mol. The molecule has 0 amide bonds. The third-order valence-corrected chi connectivity index (χ3v) is 4.64. The van der Waals surface area contributed by atoms with Crippen molar-refractivity contribution in [1.82, 2.24) is 10.1 Å². The first kappa shape index (κ1) is 16.3. The Morgan fingerprint density at radius 1 is 1.19 bits per heavy atom. The second-order valence-electron chi connectivity index (χ2n) is 6.89. The van der Waals surface area contributed by atoms with E-state index in [4.69, 9.17) is 4.52 Å². The van der Waals surface area contributed by atoms with Gasteiger partial charge in [-0.2, -0.15) is 10.2 Å². The van der Waals surface area contributed by atoms with Crippen LogP contribution in [0.15, 0.2) is 40.9 Å². The van der Waals surface area contributed by atoms with Gasteiger partial charge in [-0.3, -0.25) is 0 Å². The largest absolute Gasteiger partial charge is 0.382 e. The van der Waals surface area contributed by atoms with Gasteiger partial charge >= 0.3 is 0 Å². The molecule has 130 valence electrons. The number of nitrogens with zero attached hydrogens (tertiary/aromatic N) is 3. The van der Waals surface area contributed by atoms with Crippen molar-refractivity contribution in [2.24, 2.45) is 0 Å². The van der Waals surface area contributed by atoms with Gasteiger partial charge in [0.2, 0.25) is 5.82 Å². The molecule has 5 nitrogen and oxygen atoms in total.